The standard InChI is InChI=1S/C21H22Cl3NO10/c1-10(26)31-14-15(32-11(2)27)17(33-12(3)28)19(35-20(25)21(22,23)24)34-16(14)18(29)30-9-13-7-5-4-6-8-13/h4-8,14-17,19,25H,9H2,1-3H3/t14-,15-,16-,17+,19?/m0/s1. The van der Waals surface area contributed by atoms with Crippen LogP contribution < -0.4 is 0 Å². The lowest BCUT2D eigenvalue weighted by molar-refractivity contribution is -0.286. The van der Waals surface area contributed by atoms with Crippen LogP contribution in [-0.4, -0.2) is 64.3 Å². The molecule has 0 amide bonds. The molecule has 14 heteroatoms. The lowest BCUT2D eigenvalue weighted by atomic mass is 9.97. The third-order valence-electron chi connectivity index (χ3n) is 4.35. The zero-order chi connectivity index (χ0) is 26.3. The average molecular weight is 555 g/mol. The molecule has 0 saturated carbocycles. The molecule has 0 radical (unpaired) electrons. The van der Waals surface area contributed by atoms with E-state index in [1.807, 2.05) is 0 Å². The van der Waals surface area contributed by atoms with E-state index in [4.69, 9.17) is 68.6 Å². The van der Waals surface area contributed by atoms with Crippen molar-refractivity contribution < 1.29 is 47.6 Å². The van der Waals surface area contributed by atoms with Crippen LogP contribution in [0.5, 0.6) is 0 Å². The van der Waals surface area contributed by atoms with Gasteiger partial charge in [0.05, 0.1) is 0 Å². The Labute approximate surface area is 215 Å². The Morgan fingerprint density at radius 2 is 1.37 bits per heavy atom. The quantitative estimate of drug-likeness (QED) is 0.175. The van der Waals surface area contributed by atoms with Crippen LogP contribution in [0.1, 0.15) is 26.3 Å². The number of alkyl halides is 3. The van der Waals surface area contributed by atoms with Crippen molar-refractivity contribution in [3.05, 3.63) is 35.9 Å². The number of carbonyl (C=O) groups is 4. The molecule has 2 rings (SSSR count). The number of esters is 4. The molecule has 35 heavy (non-hydrogen) atoms. The van der Waals surface area contributed by atoms with Gasteiger partial charge in [0.25, 0.3) is 3.79 Å². The highest BCUT2D eigenvalue weighted by Crippen LogP contribution is 2.34. The maximum absolute atomic E-state index is 13.0. The lowest BCUT2D eigenvalue weighted by Gasteiger charge is -2.43. The Balaban J connectivity index is 2.44. The minimum atomic E-state index is -2.35. The minimum absolute atomic E-state index is 0.173. The predicted molar refractivity (Wildman–Crippen MR) is 121 cm³/mol. The van der Waals surface area contributed by atoms with Gasteiger partial charge in [-0.15, -0.1) is 0 Å². The van der Waals surface area contributed by atoms with Crippen molar-refractivity contribution in [3.8, 4) is 0 Å². The van der Waals surface area contributed by atoms with Gasteiger partial charge in [-0.2, -0.15) is 0 Å². The van der Waals surface area contributed by atoms with E-state index >= 15 is 0 Å². The number of rotatable bonds is 7. The molecule has 1 N–H and O–H groups in total. The number of carbonyl (C=O) groups excluding carboxylic acids is 4. The highest BCUT2D eigenvalue weighted by Gasteiger charge is 2.56. The molecule has 1 unspecified atom stereocenters. The van der Waals surface area contributed by atoms with Crippen molar-refractivity contribution in [2.45, 2.75) is 61.9 Å². The molecule has 0 aromatic heterocycles. The second kappa shape index (κ2) is 12.4. The number of hydrogen-bond acceptors (Lipinski definition) is 11. The Bertz CT molecular complexity index is 952. The average Bonchev–Trinajstić information content (AvgIpc) is 2.74. The first-order valence-corrected chi connectivity index (χ1v) is 11.1. The van der Waals surface area contributed by atoms with E-state index in [2.05, 4.69) is 0 Å². The van der Waals surface area contributed by atoms with Crippen molar-refractivity contribution in [3.63, 3.8) is 0 Å². The van der Waals surface area contributed by atoms with E-state index < -0.39 is 64.3 Å². The van der Waals surface area contributed by atoms with Gasteiger partial charge in [0.2, 0.25) is 18.3 Å². The Hall–Kier alpha value is -2.60. The molecular formula is C21H22Cl3NO10. The molecule has 1 aliphatic rings. The van der Waals surface area contributed by atoms with Crippen molar-refractivity contribution in [1.82, 2.24) is 0 Å². The van der Waals surface area contributed by atoms with Gasteiger partial charge < -0.3 is 28.4 Å². The van der Waals surface area contributed by atoms with Crippen LogP contribution >= 0.6 is 34.8 Å². The van der Waals surface area contributed by atoms with Gasteiger partial charge in [-0.3, -0.25) is 19.8 Å². The summed E-state index contributed by atoms with van der Waals surface area (Å²) >= 11 is 17.0. The van der Waals surface area contributed by atoms with E-state index in [0.717, 1.165) is 20.8 Å². The topological polar surface area (TPSA) is 148 Å². The molecule has 1 aromatic carbocycles. The van der Waals surface area contributed by atoms with Gasteiger partial charge >= 0.3 is 23.9 Å². The first kappa shape index (κ1) is 28.6. The van der Waals surface area contributed by atoms with Gasteiger partial charge in [0, 0.05) is 20.8 Å². The molecule has 0 aliphatic carbocycles. The monoisotopic (exact) mass is 553 g/mol. The maximum atomic E-state index is 13.0. The van der Waals surface area contributed by atoms with Gasteiger partial charge in [-0.1, -0.05) is 65.1 Å². The smallest absolute Gasteiger partial charge is 0.339 e. The van der Waals surface area contributed by atoms with Crippen molar-refractivity contribution in [2.24, 2.45) is 0 Å². The van der Waals surface area contributed by atoms with Crippen molar-refractivity contribution in [1.29, 1.82) is 5.41 Å². The summed E-state index contributed by atoms with van der Waals surface area (Å²) in [6, 6.07) is 8.63. The second-order valence-corrected chi connectivity index (χ2v) is 9.47. The molecule has 1 fully saturated rings. The number of hydrogen-bond donors (Lipinski definition) is 1. The third-order valence-corrected chi connectivity index (χ3v) is 4.86. The molecule has 11 nitrogen and oxygen atoms in total. The largest absolute Gasteiger partial charge is 0.459 e. The molecule has 1 aliphatic heterocycles. The van der Waals surface area contributed by atoms with Crippen molar-refractivity contribution in [2.75, 3.05) is 0 Å². The summed E-state index contributed by atoms with van der Waals surface area (Å²) in [5, 5.41) is 7.84. The van der Waals surface area contributed by atoms with Crippen LogP contribution in [0.3, 0.4) is 0 Å². The first-order chi connectivity index (χ1) is 16.3. The molecule has 1 saturated heterocycles. The highest BCUT2D eigenvalue weighted by atomic mass is 35.6. The fourth-order valence-corrected chi connectivity index (χ4v) is 3.19. The molecule has 0 spiro atoms. The normalized spacial score (nSPS) is 24.0. The molecule has 0 bridgehead atoms. The highest BCUT2D eigenvalue weighted by molar-refractivity contribution is 6.76. The maximum Gasteiger partial charge on any atom is 0.339 e. The summed E-state index contributed by atoms with van der Waals surface area (Å²) in [4.78, 5) is 48.4. The molecule has 5 atom stereocenters. The Kier molecular flexibility index (Phi) is 10.1. The summed E-state index contributed by atoms with van der Waals surface area (Å²) in [7, 11) is 0. The SMILES string of the molecule is CC(=O)O[C@H]1[C@H](OC(C)=O)[C@@H](OC(C)=O)C(OC(=N)C(Cl)(Cl)Cl)O[C@@H]1C(=O)OCc1ccccc1. The second-order valence-electron chi connectivity index (χ2n) is 7.19. The Morgan fingerprint density at radius 3 is 1.89 bits per heavy atom. The zero-order valence-corrected chi connectivity index (χ0v) is 21.0. The van der Waals surface area contributed by atoms with Crippen LogP contribution in [0.25, 0.3) is 0 Å². The van der Waals surface area contributed by atoms with Gasteiger partial charge in [-0.05, 0) is 5.56 Å². The summed E-state index contributed by atoms with van der Waals surface area (Å²) in [5.41, 5.74) is 0.640. The van der Waals surface area contributed by atoms with Crippen LogP contribution in [0, 0.1) is 5.41 Å². The Morgan fingerprint density at radius 1 is 0.857 bits per heavy atom. The van der Waals surface area contributed by atoms with Crippen LogP contribution in [0.4, 0.5) is 0 Å². The van der Waals surface area contributed by atoms with Gasteiger partial charge in [0.15, 0.2) is 18.3 Å². The molecule has 192 valence electrons. The zero-order valence-electron chi connectivity index (χ0n) is 18.7. The third kappa shape index (κ3) is 8.53. The van der Waals surface area contributed by atoms with E-state index in [-0.39, 0.29) is 6.61 Å². The lowest BCUT2D eigenvalue weighted by Crippen LogP contribution is -2.64. The number of ether oxygens (including phenoxy) is 6. The van der Waals surface area contributed by atoms with Gasteiger partial charge in [-0.25, -0.2) is 4.79 Å². The van der Waals surface area contributed by atoms with Gasteiger partial charge in [0.1, 0.15) is 6.61 Å². The molecule has 1 heterocycles. The summed E-state index contributed by atoms with van der Waals surface area (Å²) in [6.07, 6.45) is -8.41. The first-order valence-electron chi connectivity index (χ1n) is 9.99. The molecule has 1 aromatic rings. The summed E-state index contributed by atoms with van der Waals surface area (Å²) < 4.78 is 29.3. The van der Waals surface area contributed by atoms with Crippen LogP contribution in [0.2, 0.25) is 0 Å². The number of halogens is 3. The fraction of sp³-hybridized carbons (Fsp3) is 0.476. The minimum Gasteiger partial charge on any atom is -0.459 e. The molecular weight excluding hydrogens is 533 g/mol. The predicted octanol–water partition coefficient (Wildman–Crippen LogP) is 2.61. The number of benzene rings is 1. The van der Waals surface area contributed by atoms with Crippen molar-refractivity contribution >= 4 is 64.6 Å². The van der Waals surface area contributed by atoms with Crippen LogP contribution in [0.15, 0.2) is 30.3 Å². The van der Waals surface area contributed by atoms with E-state index in [9.17, 15) is 19.2 Å². The summed E-state index contributed by atoms with van der Waals surface area (Å²) in [5.74, 6) is -4.61. The van der Waals surface area contributed by atoms with E-state index in [1.165, 1.54) is 0 Å². The van der Waals surface area contributed by atoms with E-state index in [0.29, 0.717) is 5.56 Å². The summed E-state index contributed by atoms with van der Waals surface area (Å²) in [6.45, 7) is 2.93. The van der Waals surface area contributed by atoms with Crippen LogP contribution in [-0.2, 0) is 54.2 Å². The number of nitrogens with one attached hydrogen (secondary N) is 1. The van der Waals surface area contributed by atoms with E-state index in [1.54, 1.807) is 30.3 Å². The fourth-order valence-electron chi connectivity index (χ4n) is 3.05.